The van der Waals surface area contributed by atoms with Gasteiger partial charge in [0, 0.05) is 17.5 Å². The highest BCUT2D eigenvalue weighted by molar-refractivity contribution is 7.80. The maximum Gasteiger partial charge on any atom is 0.398 e. The standard InChI is InChI=1S/C19H20O9S/c1-10(2)9-14(21)27-19(3,4)18-17(28-29(22,23)24)15-12(25-18)7-5-11-6-8-13(20)26-16(11)15/h5-9,17-18H,1-4H3,(H,22,23,24). The molecule has 1 aromatic heterocycles. The van der Waals surface area contributed by atoms with E-state index in [1.807, 2.05) is 0 Å². The predicted octanol–water partition coefficient (Wildman–Crippen LogP) is 2.70. The SMILES string of the molecule is CC(C)=CC(=O)OC(C)(C)C1Oc2ccc3ccc(=O)oc3c2C1OS(=O)(=O)O. The van der Waals surface area contributed by atoms with E-state index in [2.05, 4.69) is 0 Å². The second kappa shape index (κ2) is 7.29. The van der Waals surface area contributed by atoms with E-state index in [-0.39, 0.29) is 16.9 Å². The van der Waals surface area contributed by atoms with Crippen molar-refractivity contribution in [3.05, 3.63) is 51.9 Å². The van der Waals surface area contributed by atoms with Crippen LogP contribution in [0.2, 0.25) is 0 Å². The van der Waals surface area contributed by atoms with Crippen LogP contribution in [-0.2, 0) is 24.1 Å². The summed E-state index contributed by atoms with van der Waals surface area (Å²) in [5.41, 5.74) is -1.15. The van der Waals surface area contributed by atoms with E-state index in [4.69, 9.17) is 18.1 Å². The van der Waals surface area contributed by atoms with Crippen LogP contribution in [0.1, 0.15) is 39.4 Å². The molecule has 0 saturated heterocycles. The van der Waals surface area contributed by atoms with Gasteiger partial charge in [0.25, 0.3) is 0 Å². The van der Waals surface area contributed by atoms with Crippen molar-refractivity contribution in [3.8, 4) is 5.75 Å². The fourth-order valence-electron chi connectivity index (χ4n) is 3.18. The first kappa shape index (κ1) is 21.0. The first-order chi connectivity index (χ1) is 13.4. The number of fused-ring (bicyclic) bond motifs is 3. The third kappa shape index (κ3) is 4.50. The van der Waals surface area contributed by atoms with Crippen LogP contribution in [0.15, 0.2) is 45.1 Å². The summed E-state index contributed by atoms with van der Waals surface area (Å²) in [5, 5.41) is 0.496. The number of allylic oxidation sites excluding steroid dienone is 1. The Morgan fingerprint density at radius 2 is 1.86 bits per heavy atom. The minimum absolute atomic E-state index is 0.0533. The third-order valence-electron chi connectivity index (χ3n) is 4.28. The first-order valence-corrected chi connectivity index (χ1v) is 10.0. The second-order valence-corrected chi connectivity index (χ2v) is 8.43. The number of carbonyl (C=O) groups excluding carboxylic acids is 1. The summed E-state index contributed by atoms with van der Waals surface area (Å²) in [6, 6.07) is 5.88. The molecule has 0 spiro atoms. The van der Waals surface area contributed by atoms with Gasteiger partial charge < -0.3 is 13.9 Å². The van der Waals surface area contributed by atoms with E-state index in [1.54, 1.807) is 26.0 Å². The third-order valence-corrected chi connectivity index (χ3v) is 4.73. The van der Waals surface area contributed by atoms with Crippen molar-refractivity contribution >= 4 is 27.3 Å². The first-order valence-electron chi connectivity index (χ1n) is 8.64. The van der Waals surface area contributed by atoms with Gasteiger partial charge in [-0.05, 0) is 45.9 Å². The quantitative estimate of drug-likeness (QED) is 0.333. The highest BCUT2D eigenvalue weighted by atomic mass is 32.3. The maximum absolute atomic E-state index is 12.1. The zero-order valence-electron chi connectivity index (χ0n) is 16.2. The Kier molecular flexibility index (Phi) is 5.28. The Bertz CT molecular complexity index is 1150. The Labute approximate surface area is 166 Å². The van der Waals surface area contributed by atoms with Crippen LogP contribution in [0.25, 0.3) is 11.0 Å². The topological polar surface area (TPSA) is 129 Å². The number of hydrogen-bond donors (Lipinski definition) is 1. The van der Waals surface area contributed by atoms with Gasteiger partial charge in [-0.15, -0.1) is 0 Å². The highest BCUT2D eigenvalue weighted by Crippen LogP contribution is 2.47. The van der Waals surface area contributed by atoms with Gasteiger partial charge in [-0.25, -0.2) is 13.8 Å². The van der Waals surface area contributed by atoms with E-state index in [1.165, 1.54) is 32.1 Å². The monoisotopic (exact) mass is 424 g/mol. The van der Waals surface area contributed by atoms with Crippen LogP contribution in [0.5, 0.6) is 5.75 Å². The van der Waals surface area contributed by atoms with Gasteiger partial charge in [0.2, 0.25) is 0 Å². The smallest absolute Gasteiger partial charge is 0.398 e. The van der Waals surface area contributed by atoms with Gasteiger partial charge in [-0.2, -0.15) is 8.42 Å². The molecular formula is C19H20O9S. The molecule has 2 aromatic rings. The van der Waals surface area contributed by atoms with Crippen LogP contribution in [0.3, 0.4) is 0 Å². The van der Waals surface area contributed by atoms with Crippen LogP contribution < -0.4 is 10.4 Å². The lowest BCUT2D eigenvalue weighted by Gasteiger charge is -2.33. The molecule has 0 amide bonds. The normalized spacial score (nSPS) is 18.8. The molecular weight excluding hydrogens is 404 g/mol. The van der Waals surface area contributed by atoms with Gasteiger partial charge in [-0.3, -0.25) is 4.55 Å². The molecule has 1 aliphatic rings. The molecule has 2 unspecified atom stereocenters. The van der Waals surface area contributed by atoms with Crippen LogP contribution in [0.4, 0.5) is 0 Å². The summed E-state index contributed by atoms with van der Waals surface area (Å²) in [5.74, 6) is -0.478. The summed E-state index contributed by atoms with van der Waals surface area (Å²) in [6.45, 7) is 6.46. The van der Waals surface area contributed by atoms with Crippen molar-refractivity contribution in [1.82, 2.24) is 0 Å². The van der Waals surface area contributed by atoms with Gasteiger partial charge in [-0.1, -0.05) is 5.57 Å². The summed E-state index contributed by atoms with van der Waals surface area (Å²) < 4.78 is 53.7. The average Bonchev–Trinajstić information content (AvgIpc) is 2.91. The molecule has 1 aliphatic heterocycles. The second-order valence-electron chi connectivity index (χ2n) is 7.38. The number of rotatable bonds is 5. The summed E-state index contributed by atoms with van der Waals surface area (Å²) in [6.07, 6.45) is -1.31. The number of ether oxygens (including phenoxy) is 2. The molecule has 9 nitrogen and oxygen atoms in total. The number of benzene rings is 1. The summed E-state index contributed by atoms with van der Waals surface area (Å²) in [4.78, 5) is 23.8. The molecule has 0 aliphatic carbocycles. The van der Waals surface area contributed by atoms with E-state index < -0.39 is 39.8 Å². The van der Waals surface area contributed by atoms with Crippen molar-refractivity contribution in [2.24, 2.45) is 0 Å². The predicted molar refractivity (Wildman–Crippen MR) is 102 cm³/mol. The molecule has 1 aromatic carbocycles. The van der Waals surface area contributed by atoms with Gasteiger partial charge in [0.1, 0.15) is 16.9 Å². The Balaban J connectivity index is 2.11. The molecule has 2 heterocycles. The molecule has 0 radical (unpaired) electrons. The van der Waals surface area contributed by atoms with Crippen molar-refractivity contribution in [2.45, 2.75) is 45.5 Å². The number of hydrogen-bond acceptors (Lipinski definition) is 8. The fraction of sp³-hybridized carbons (Fsp3) is 0.368. The minimum atomic E-state index is -4.92. The van der Waals surface area contributed by atoms with E-state index in [9.17, 15) is 22.6 Å². The molecule has 10 heteroatoms. The fourth-order valence-corrected chi connectivity index (χ4v) is 3.64. The Morgan fingerprint density at radius 1 is 1.21 bits per heavy atom. The van der Waals surface area contributed by atoms with Crippen molar-refractivity contribution in [1.29, 1.82) is 0 Å². The van der Waals surface area contributed by atoms with Crippen molar-refractivity contribution in [3.63, 3.8) is 0 Å². The van der Waals surface area contributed by atoms with Gasteiger partial charge in [0.05, 0.1) is 5.56 Å². The van der Waals surface area contributed by atoms with Gasteiger partial charge in [0.15, 0.2) is 12.2 Å². The summed E-state index contributed by atoms with van der Waals surface area (Å²) in [7, 11) is -4.92. The molecule has 0 bridgehead atoms. The lowest BCUT2D eigenvalue weighted by molar-refractivity contribution is -0.163. The highest BCUT2D eigenvalue weighted by Gasteiger charge is 2.50. The Hall–Kier alpha value is -2.69. The molecule has 2 atom stereocenters. The largest absolute Gasteiger partial charge is 0.483 e. The van der Waals surface area contributed by atoms with Crippen LogP contribution in [-0.4, -0.2) is 30.6 Å². The minimum Gasteiger partial charge on any atom is -0.483 e. The zero-order chi connectivity index (χ0) is 21.6. The van der Waals surface area contributed by atoms with Crippen LogP contribution in [0, 0.1) is 0 Å². The molecule has 0 fully saturated rings. The molecule has 3 rings (SSSR count). The molecule has 0 saturated carbocycles. The Morgan fingerprint density at radius 3 is 2.48 bits per heavy atom. The van der Waals surface area contributed by atoms with Crippen LogP contribution >= 0.6 is 0 Å². The number of esters is 1. The molecule has 1 N–H and O–H groups in total. The van der Waals surface area contributed by atoms with E-state index in [0.717, 1.165) is 0 Å². The maximum atomic E-state index is 12.1. The van der Waals surface area contributed by atoms with E-state index in [0.29, 0.717) is 11.0 Å². The molecule has 29 heavy (non-hydrogen) atoms. The molecule has 156 valence electrons. The van der Waals surface area contributed by atoms with Crippen molar-refractivity contribution < 1.29 is 35.8 Å². The van der Waals surface area contributed by atoms with E-state index >= 15 is 0 Å². The average molecular weight is 424 g/mol. The summed E-state index contributed by atoms with van der Waals surface area (Å²) >= 11 is 0. The lowest BCUT2D eigenvalue weighted by atomic mass is 9.93. The van der Waals surface area contributed by atoms with Crippen molar-refractivity contribution in [2.75, 3.05) is 0 Å². The lowest BCUT2D eigenvalue weighted by Crippen LogP contribution is -2.46. The number of carbonyl (C=O) groups is 1. The zero-order valence-corrected chi connectivity index (χ0v) is 17.0. The van der Waals surface area contributed by atoms with Gasteiger partial charge >= 0.3 is 22.0 Å².